The molecule has 2 heterocycles. The standard InChI is InChI=1S/C20H14N4O2/c25-12-6-8-13(18(26)10-12)11-5-7-14-17(9-11)23-24-19(14)20-21-15-3-1-2-4-16(15)22-20/h1-10,25-26H,(H,21,22)(H,23,24). The molecule has 0 unspecified atom stereocenters. The van der Waals surface area contributed by atoms with Crippen LogP contribution in [0, 0.1) is 0 Å². The first-order chi connectivity index (χ1) is 12.7. The van der Waals surface area contributed by atoms with E-state index < -0.39 is 0 Å². The minimum Gasteiger partial charge on any atom is -0.508 e. The molecule has 5 aromatic rings. The molecule has 3 aromatic carbocycles. The third-order valence-electron chi connectivity index (χ3n) is 4.47. The van der Waals surface area contributed by atoms with Crippen LogP contribution in [0.4, 0.5) is 0 Å². The predicted molar refractivity (Wildman–Crippen MR) is 99.9 cm³/mol. The normalized spacial score (nSPS) is 11.4. The maximum atomic E-state index is 10.1. The summed E-state index contributed by atoms with van der Waals surface area (Å²) in [6.07, 6.45) is 0. The number of fused-ring (bicyclic) bond motifs is 2. The van der Waals surface area contributed by atoms with E-state index in [9.17, 15) is 10.2 Å². The highest BCUT2D eigenvalue weighted by molar-refractivity contribution is 5.95. The van der Waals surface area contributed by atoms with E-state index in [1.165, 1.54) is 6.07 Å². The van der Waals surface area contributed by atoms with Crippen molar-refractivity contribution in [3.8, 4) is 34.1 Å². The van der Waals surface area contributed by atoms with Gasteiger partial charge in [0.05, 0.1) is 16.6 Å². The second-order valence-electron chi connectivity index (χ2n) is 6.14. The molecule has 0 spiro atoms. The first-order valence-corrected chi connectivity index (χ1v) is 8.15. The summed E-state index contributed by atoms with van der Waals surface area (Å²) < 4.78 is 0. The van der Waals surface area contributed by atoms with Crippen LogP contribution in [-0.2, 0) is 0 Å². The average Bonchev–Trinajstić information content (AvgIpc) is 3.24. The van der Waals surface area contributed by atoms with E-state index in [0.29, 0.717) is 11.4 Å². The largest absolute Gasteiger partial charge is 0.508 e. The van der Waals surface area contributed by atoms with E-state index >= 15 is 0 Å². The number of para-hydroxylation sites is 2. The number of H-pyrrole nitrogens is 2. The third kappa shape index (κ3) is 2.20. The number of aromatic nitrogens is 4. The molecule has 0 aliphatic heterocycles. The number of phenols is 2. The minimum atomic E-state index is 0.0287. The topological polar surface area (TPSA) is 97.8 Å². The lowest BCUT2D eigenvalue weighted by molar-refractivity contribution is 0.452. The maximum absolute atomic E-state index is 10.1. The Morgan fingerprint density at radius 3 is 2.58 bits per heavy atom. The number of nitrogens with one attached hydrogen (secondary N) is 2. The number of nitrogens with zero attached hydrogens (tertiary/aromatic N) is 2. The van der Waals surface area contributed by atoms with Gasteiger partial charge in [-0.05, 0) is 42.0 Å². The Bertz CT molecular complexity index is 1240. The molecule has 26 heavy (non-hydrogen) atoms. The predicted octanol–water partition coefficient (Wildman–Crippen LogP) is 4.18. The highest BCUT2D eigenvalue weighted by atomic mass is 16.3. The second kappa shape index (κ2) is 5.35. The molecule has 126 valence electrons. The number of aromatic amines is 2. The zero-order valence-electron chi connectivity index (χ0n) is 13.6. The Labute approximate surface area is 147 Å². The number of phenolic OH excluding ortho intramolecular Hbond substituents is 2. The fraction of sp³-hybridized carbons (Fsp3) is 0. The lowest BCUT2D eigenvalue weighted by Gasteiger charge is -2.05. The summed E-state index contributed by atoms with van der Waals surface area (Å²) in [6.45, 7) is 0. The SMILES string of the molecule is Oc1ccc(-c2ccc3c(-c4nc5ccccc5[nH]4)n[nH]c3c2)c(O)c1. The summed E-state index contributed by atoms with van der Waals surface area (Å²) in [6, 6.07) is 18.2. The van der Waals surface area contributed by atoms with Gasteiger partial charge in [0, 0.05) is 17.0 Å². The van der Waals surface area contributed by atoms with Gasteiger partial charge in [-0.15, -0.1) is 0 Å². The number of benzene rings is 3. The van der Waals surface area contributed by atoms with Crippen LogP contribution in [0.25, 0.3) is 44.6 Å². The molecular weight excluding hydrogens is 328 g/mol. The summed E-state index contributed by atoms with van der Waals surface area (Å²) in [5.74, 6) is 0.764. The first kappa shape index (κ1) is 14.5. The Hall–Kier alpha value is -3.80. The molecule has 4 N–H and O–H groups in total. The van der Waals surface area contributed by atoms with Gasteiger partial charge in [0.25, 0.3) is 0 Å². The molecule has 0 saturated carbocycles. The first-order valence-electron chi connectivity index (χ1n) is 8.15. The average molecular weight is 342 g/mol. The molecular formula is C20H14N4O2. The quantitative estimate of drug-likeness (QED) is 0.387. The van der Waals surface area contributed by atoms with Gasteiger partial charge in [0.15, 0.2) is 5.82 Å². The van der Waals surface area contributed by atoms with Gasteiger partial charge in [0.1, 0.15) is 17.2 Å². The highest BCUT2D eigenvalue weighted by Gasteiger charge is 2.14. The van der Waals surface area contributed by atoms with Crippen molar-refractivity contribution in [1.29, 1.82) is 0 Å². The third-order valence-corrected chi connectivity index (χ3v) is 4.47. The molecule has 0 amide bonds. The molecule has 0 fully saturated rings. The Morgan fingerprint density at radius 1 is 0.846 bits per heavy atom. The molecule has 0 atom stereocenters. The molecule has 0 aliphatic rings. The molecule has 0 bridgehead atoms. The molecule has 2 aromatic heterocycles. The number of rotatable bonds is 2. The fourth-order valence-corrected chi connectivity index (χ4v) is 3.20. The molecule has 5 rings (SSSR count). The van der Waals surface area contributed by atoms with Crippen LogP contribution in [-0.4, -0.2) is 30.4 Å². The molecule has 6 nitrogen and oxygen atoms in total. The Morgan fingerprint density at radius 2 is 1.73 bits per heavy atom. The van der Waals surface area contributed by atoms with Crippen LogP contribution in [0.15, 0.2) is 60.7 Å². The van der Waals surface area contributed by atoms with Crippen molar-refractivity contribution in [3.63, 3.8) is 0 Å². The van der Waals surface area contributed by atoms with E-state index in [1.54, 1.807) is 12.1 Å². The number of hydrogen-bond acceptors (Lipinski definition) is 4. The van der Waals surface area contributed by atoms with Crippen molar-refractivity contribution in [2.24, 2.45) is 0 Å². The van der Waals surface area contributed by atoms with Crippen molar-refractivity contribution in [2.45, 2.75) is 0 Å². The Balaban J connectivity index is 1.63. The monoisotopic (exact) mass is 342 g/mol. The zero-order valence-corrected chi connectivity index (χ0v) is 13.6. The van der Waals surface area contributed by atoms with Gasteiger partial charge in [-0.25, -0.2) is 4.98 Å². The van der Waals surface area contributed by atoms with Crippen LogP contribution < -0.4 is 0 Å². The fourth-order valence-electron chi connectivity index (χ4n) is 3.20. The maximum Gasteiger partial charge on any atom is 0.159 e. The van der Waals surface area contributed by atoms with Gasteiger partial charge >= 0.3 is 0 Å². The number of hydrogen-bond donors (Lipinski definition) is 4. The Kier molecular flexibility index (Phi) is 2.99. The van der Waals surface area contributed by atoms with E-state index in [-0.39, 0.29) is 11.5 Å². The van der Waals surface area contributed by atoms with Crippen LogP contribution in [0.5, 0.6) is 11.5 Å². The molecule has 0 aliphatic carbocycles. The summed E-state index contributed by atoms with van der Waals surface area (Å²) in [7, 11) is 0. The summed E-state index contributed by atoms with van der Waals surface area (Å²) in [4.78, 5) is 7.89. The molecule has 0 radical (unpaired) electrons. The van der Waals surface area contributed by atoms with Gasteiger partial charge in [-0.3, -0.25) is 5.10 Å². The van der Waals surface area contributed by atoms with Gasteiger partial charge in [-0.2, -0.15) is 5.10 Å². The summed E-state index contributed by atoms with van der Waals surface area (Å²) >= 11 is 0. The van der Waals surface area contributed by atoms with Gasteiger partial charge in [0.2, 0.25) is 0 Å². The van der Waals surface area contributed by atoms with Crippen LogP contribution in [0.1, 0.15) is 0 Å². The van der Waals surface area contributed by atoms with Gasteiger partial charge in [-0.1, -0.05) is 18.2 Å². The zero-order chi connectivity index (χ0) is 17.7. The van der Waals surface area contributed by atoms with Crippen molar-refractivity contribution in [2.75, 3.05) is 0 Å². The van der Waals surface area contributed by atoms with Crippen LogP contribution >= 0.6 is 0 Å². The van der Waals surface area contributed by atoms with Crippen LogP contribution in [0.2, 0.25) is 0 Å². The van der Waals surface area contributed by atoms with E-state index in [0.717, 1.165) is 33.2 Å². The number of imidazole rings is 1. The summed E-state index contributed by atoms with van der Waals surface area (Å²) in [5, 5.41) is 27.9. The van der Waals surface area contributed by atoms with E-state index in [1.807, 2.05) is 42.5 Å². The van der Waals surface area contributed by atoms with E-state index in [2.05, 4.69) is 20.2 Å². The lowest BCUT2D eigenvalue weighted by atomic mass is 10.0. The summed E-state index contributed by atoms with van der Waals surface area (Å²) in [5.41, 5.74) is 4.91. The van der Waals surface area contributed by atoms with Crippen molar-refractivity contribution in [1.82, 2.24) is 20.2 Å². The minimum absolute atomic E-state index is 0.0287. The highest BCUT2D eigenvalue weighted by Crippen LogP contribution is 2.35. The van der Waals surface area contributed by atoms with Crippen molar-refractivity contribution >= 4 is 21.9 Å². The number of aromatic hydroxyl groups is 2. The molecule has 0 saturated heterocycles. The second-order valence-corrected chi connectivity index (χ2v) is 6.14. The van der Waals surface area contributed by atoms with Crippen molar-refractivity contribution in [3.05, 3.63) is 60.7 Å². The van der Waals surface area contributed by atoms with E-state index in [4.69, 9.17) is 0 Å². The molecule has 6 heteroatoms. The van der Waals surface area contributed by atoms with Crippen LogP contribution in [0.3, 0.4) is 0 Å². The smallest absolute Gasteiger partial charge is 0.159 e. The van der Waals surface area contributed by atoms with Gasteiger partial charge < -0.3 is 15.2 Å². The van der Waals surface area contributed by atoms with Crippen molar-refractivity contribution < 1.29 is 10.2 Å². The lowest BCUT2D eigenvalue weighted by Crippen LogP contribution is -1.82.